The minimum atomic E-state index is -0.398. The Labute approximate surface area is 145 Å². The zero-order valence-corrected chi connectivity index (χ0v) is 14.6. The average Bonchev–Trinajstić information content (AvgIpc) is 3.09. The van der Waals surface area contributed by atoms with E-state index in [0.29, 0.717) is 11.0 Å². The monoisotopic (exact) mass is 392 g/mol. The van der Waals surface area contributed by atoms with E-state index in [2.05, 4.69) is 36.4 Å². The van der Waals surface area contributed by atoms with Crippen LogP contribution in [0.2, 0.25) is 0 Å². The quantitative estimate of drug-likeness (QED) is 0.739. The highest BCUT2D eigenvalue weighted by Crippen LogP contribution is 2.20. The Kier molecular flexibility index (Phi) is 4.43. The molecule has 3 rings (SSSR count). The number of benzene rings is 1. The van der Waals surface area contributed by atoms with E-state index in [1.165, 1.54) is 18.5 Å². The summed E-state index contributed by atoms with van der Waals surface area (Å²) in [7, 11) is 1.76. The van der Waals surface area contributed by atoms with Gasteiger partial charge in [0.05, 0.1) is 16.7 Å². The van der Waals surface area contributed by atoms with Crippen LogP contribution >= 0.6 is 15.9 Å². The number of anilines is 1. The lowest BCUT2D eigenvalue weighted by Gasteiger charge is -2.01. The fourth-order valence-electron chi connectivity index (χ4n) is 2.09. The Morgan fingerprint density at radius 1 is 1.29 bits per heavy atom. The van der Waals surface area contributed by atoms with Gasteiger partial charge in [-0.3, -0.25) is 14.8 Å². The predicted molar refractivity (Wildman–Crippen MR) is 89.1 cm³/mol. The van der Waals surface area contributed by atoms with Crippen molar-refractivity contribution < 1.29 is 9.18 Å². The van der Waals surface area contributed by atoms with Crippen molar-refractivity contribution in [3.63, 3.8) is 0 Å². The van der Waals surface area contributed by atoms with Gasteiger partial charge in [0.2, 0.25) is 5.95 Å². The van der Waals surface area contributed by atoms with Gasteiger partial charge in [-0.25, -0.2) is 14.1 Å². The maximum Gasteiger partial charge on any atom is 0.279 e. The predicted octanol–water partition coefficient (Wildman–Crippen LogP) is 2.52. The molecular formula is C15H14BrFN6O. The van der Waals surface area contributed by atoms with Crippen molar-refractivity contribution in [3.8, 4) is 0 Å². The number of amides is 1. The van der Waals surface area contributed by atoms with Crippen LogP contribution in [0.5, 0.6) is 0 Å². The molecule has 0 spiro atoms. The molecule has 124 valence electrons. The number of aromatic nitrogens is 5. The van der Waals surface area contributed by atoms with Crippen LogP contribution in [0, 0.1) is 12.7 Å². The highest BCUT2D eigenvalue weighted by molar-refractivity contribution is 9.10. The van der Waals surface area contributed by atoms with Crippen LogP contribution in [0.4, 0.5) is 10.3 Å². The lowest BCUT2D eigenvalue weighted by Crippen LogP contribution is -2.15. The minimum absolute atomic E-state index is 0.178. The van der Waals surface area contributed by atoms with Crippen LogP contribution in [0.1, 0.15) is 21.7 Å². The molecule has 0 aliphatic carbocycles. The SMILES string of the molecule is Cc1c(Br)c(C(=O)Nc2ncn(Cc3ccc(F)cc3)n2)nn1C. The third kappa shape index (κ3) is 3.35. The Balaban J connectivity index is 1.70. The summed E-state index contributed by atoms with van der Waals surface area (Å²) in [6.07, 6.45) is 1.50. The molecule has 0 saturated carbocycles. The topological polar surface area (TPSA) is 77.6 Å². The molecule has 24 heavy (non-hydrogen) atoms. The molecule has 1 N–H and O–H groups in total. The van der Waals surface area contributed by atoms with Crippen LogP contribution in [0.15, 0.2) is 35.1 Å². The highest BCUT2D eigenvalue weighted by atomic mass is 79.9. The van der Waals surface area contributed by atoms with Crippen LogP contribution < -0.4 is 5.32 Å². The molecule has 2 heterocycles. The summed E-state index contributed by atoms with van der Waals surface area (Å²) < 4.78 is 16.7. The lowest BCUT2D eigenvalue weighted by atomic mass is 10.2. The summed E-state index contributed by atoms with van der Waals surface area (Å²) in [4.78, 5) is 16.3. The van der Waals surface area contributed by atoms with Gasteiger partial charge in [-0.15, -0.1) is 5.10 Å². The van der Waals surface area contributed by atoms with Crippen molar-refractivity contribution >= 4 is 27.8 Å². The summed E-state index contributed by atoms with van der Waals surface area (Å²) in [6, 6.07) is 6.11. The third-order valence-electron chi connectivity index (χ3n) is 3.50. The van der Waals surface area contributed by atoms with E-state index < -0.39 is 5.91 Å². The van der Waals surface area contributed by atoms with Gasteiger partial charge < -0.3 is 0 Å². The van der Waals surface area contributed by atoms with E-state index in [0.717, 1.165) is 11.3 Å². The van der Waals surface area contributed by atoms with Gasteiger partial charge in [0.25, 0.3) is 5.91 Å². The number of carbonyl (C=O) groups excluding carboxylic acids is 1. The fraction of sp³-hybridized carbons (Fsp3) is 0.200. The van der Waals surface area contributed by atoms with Crippen LogP contribution in [-0.4, -0.2) is 30.5 Å². The Morgan fingerprint density at radius 2 is 2.00 bits per heavy atom. The molecular weight excluding hydrogens is 379 g/mol. The van der Waals surface area contributed by atoms with E-state index >= 15 is 0 Å². The summed E-state index contributed by atoms with van der Waals surface area (Å²) in [5.41, 5.74) is 1.99. The van der Waals surface area contributed by atoms with Crippen molar-refractivity contribution in [2.75, 3.05) is 5.32 Å². The number of carbonyl (C=O) groups is 1. The Hall–Kier alpha value is -2.55. The highest BCUT2D eigenvalue weighted by Gasteiger charge is 2.19. The van der Waals surface area contributed by atoms with Gasteiger partial charge in [0.15, 0.2) is 5.69 Å². The number of nitrogens with zero attached hydrogens (tertiary/aromatic N) is 5. The van der Waals surface area contributed by atoms with Crippen molar-refractivity contribution in [2.24, 2.45) is 7.05 Å². The van der Waals surface area contributed by atoms with Gasteiger partial charge in [0, 0.05) is 7.05 Å². The third-order valence-corrected chi connectivity index (χ3v) is 4.45. The van der Waals surface area contributed by atoms with Gasteiger partial charge in [-0.2, -0.15) is 5.10 Å². The molecule has 7 nitrogen and oxygen atoms in total. The van der Waals surface area contributed by atoms with Crippen LogP contribution in [-0.2, 0) is 13.6 Å². The molecule has 0 radical (unpaired) electrons. The van der Waals surface area contributed by atoms with Crippen molar-refractivity contribution in [1.82, 2.24) is 24.5 Å². The summed E-state index contributed by atoms with van der Waals surface area (Å²) in [5.74, 6) is -0.510. The molecule has 0 saturated heterocycles. The smallest absolute Gasteiger partial charge is 0.279 e. The van der Waals surface area contributed by atoms with E-state index in [4.69, 9.17) is 0 Å². The fourth-order valence-corrected chi connectivity index (χ4v) is 2.61. The molecule has 9 heteroatoms. The number of aryl methyl sites for hydroxylation is 1. The van der Waals surface area contributed by atoms with Crippen molar-refractivity contribution in [1.29, 1.82) is 0 Å². The maximum absolute atomic E-state index is 12.9. The maximum atomic E-state index is 12.9. The number of hydrogen-bond donors (Lipinski definition) is 1. The zero-order chi connectivity index (χ0) is 17.3. The molecule has 0 aliphatic rings. The van der Waals surface area contributed by atoms with Crippen molar-refractivity contribution in [3.05, 3.63) is 57.8 Å². The standard InChI is InChI=1S/C15H14BrFN6O/c1-9-12(16)13(20-22(9)2)14(24)19-15-18-8-23(21-15)7-10-3-5-11(17)6-4-10/h3-6,8H,7H2,1-2H3,(H,19,21,24). The second kappa shape index (κ2) is 6.52. The molecule has 1 amide bonds. The number of halogens is 2. The van der Waals surface area contributed by atoms with E-state index in [-0.39, 0.29) is 17.5 Å². The molecule has 1 aromatic carbocycles. The first kappa shape index (κ1) is 16.3. The van der Waals surface area contributed by atoms with E-state index in [1.807, 2.05) is 6.92 Å². The molecule has 0 aliphatic heterocycles. The first-order valence-corrected chi connectivity index (χ1v) is 7.87. The van der Waals surface area contributed by atoms with E-state index in [1.54, 1.807) is 28.5 Å². The minimum Gasteiger partial charge on any atom is -0.288 e. The molecule has 0 atom stereocenters. The Morgan fingerprint density at radius 3 is 2.62 bits per heavy atom. The van der Waals surface area contributed by atoms with Gasteiger partial charge in [-0.1, -0.05) is 12.1 Å². The molecule has 0 bridgehead atoms. The Bertz CT molecular complexity index is 886. The van der Waals surface area contributed by atoms with Crippen LogP contribution in [0.3, 0.4) is 0 Å². The van der Waals surface area contributed by atoms with Crippen LogP contribution in [0.25, 0.3) is 0 Å². The number of hydrogen-bond acceptors (Lipinski definition) is 4. The van der Waals surface area contributed by atoms with E-state index in [9.17, 15) is 9.18 Å². The first-order chi connectivity index (χ1) is 11.4. The summed E-state index contributed by atoms with van der Waals surface area (Å²) in [6.45, 7) is 2.28. The second-order valence-corrected chi connectivity index (χ2v) is 6.01. The largest absolute Gasteiger partial charge is 0.288 e. The zero-order valence-electron chi connectivity index (χ0n) is 13.0. The van der Waals surface area contributed by atoms with Gasteiger partial charge in [0.1, 0.15) is 12.1 Å². The number of rotatable bonds is 4. The molecule has 0 unspecified atom stereocenters. The first-order valence-electron chi connectivity index (χ1n) is 7.08. The molecule has 0 fully saturated rings. The second-order valence-electron chi connectivity index (χ2n) is 5.22. The average molecular weight is 393 g/mol. The normalized spacial score (nSPS) is 10.8. The van der Waals surface area contributed by atoms with Gasteiger partial charge in [-0.05, 0) is 40.5 Å². The lowest BCUT2D eigenvalue weighted by molar-refractivity contribution is 0.102. The summed E-state index contributed by atoms with van der Waals surface area (Å²) in [5, 5.41) is 10.9. The number of nitrogens with one attached hydrogen (secondary N) is 1. The molecule has 2 aromatic heterocycles. The van der Waals surface area contributed by atoms with Gasteiger partial charge >= 0.3 is 0 Å². The summed E-state index contributed by atoms with van der Waals surface area (Å²) >= 11 is 3.35. The van der Waals surface area contributed by atoms with Crippen molar-refractivity contribution in [2.45, 2.75) is 13.5 Å². The molecule has 3 aromatic rings.